The van der Waals surface area contributed by atoms with Crippen molar-refractivity contribution in [2.75, 3.05) is 13.1 Å². The summed E-state index contributed by atoms with van der Waals surface area (Å²) in [4.78, 5) is 14.5. The summed E-state index contributed by atoms with van der Waals surface area (Å²) in [5.74, 6) is 0.850. The van der Waals surface area contributed by atoms with E-state index in [1.807, 2.05) is 45.9 Å². The van der Waals surface area contributed by atoms with Crippen molar-refractivity contribution in [1.82, 2.24) is 10.2 Å². The first kappa shape index (κ1) is 21.0. The second kappa shape index (κ2) is 9.07. The molecule has 6 heteroatoms. The van der Waals surface area contributed by atoms with Gasteiger partial charge in [-0.25, -0.2) is 0 Å². The first-order chi connectivity index (χ1) is 12.1. The van der Waals surface area contributed by atoms with Crippen LogP contribution in [-0.2, 0) is 11.3 Å². The topological polar surface area (TPSA) is 61.8 Å². The SMILES string of the molecule is C[C@@H]1CN(CC(=O)N[C@@H](C)CCCC(C)(C)O)Cc2cc(Cl)ccc2O1. The van der Waals surface area contributed by atoms with Gasteiger partial charge in [0.1, 0.15) is 11.9 Å². The van der Waals surface area contributed by atoms with Gasteiger partial charge in [0.05, 0.1) is 12.1 Å². The number of carbonyl (C=O) groups is 1. The average molecular weight is 383 g/mol. The van der Waals surface area contributed by atoms with Gasteiger partial charge in [0.25, 0.3) is 0 Å². The number of nitrogens with one attached hydrogen (secondary N) is 1. The van der Waals surface area contributed by atoms with Gasteiger partial charge in [-0.15, -0.1) is 0 Å². The van der Waals surface area contributed by atoms with Gasteiger partial charge in [-0.05, 0) is 65.2 Å². The van der Waals surface area contributed by atoms with E-state index in [0.717, 1.165) is 30.6 Å². The molecule has 1 aromatic carbocycles. The number of fused-ring (bicyclic) bond motifs is 1. The fraction of sp³-hybridized carbons (Fsp3) is 0.650. The third kappa shape index (κ3) is 7.14. The number of rotatable bonds is 7. The Morgan fingerprint density at radius 1 is 1.50 bits per heavy atom. The minimum Gasteiger partial charge on any atom is -0.489 e. The van der Waals surface area contributed by atoms with Gasteiger partial charge in [-0.2, -0.15) is 0 Å². The largest absolute Gasteiger partial charge is 0.489 e. The highest BCUT2D eigenvalue weighted by atomic mass is 35.5. The molecule has 2 N–H and O–H groups in total. The van der Waals surface area contributed by atoms with Crippen molar-refractivity contribution < 1.29 is 14.6 Å². The lowest BCUT2D eigenvalue weighted by atomic mass is 10.00. The maximum absolute atomic E-state index is 12.4. The summed E-state index contributed by atoms with van der Waals surface area (Å²) in [5.41, 5.74) is 0.355. The van der Waals surface area contributed by atoms with Crippen LogP contribution in [0.25, 0.3) is 0 Å². The molecule has 5 nitrogen and oxygen atoms in total. The van der Waals surface area contributed by atoms with Crippen LogP contribution >= 0.6 is 11.6 Å². The van der Waals surface area contributed by atoms with Crippen molar-refractivity contribution in [3.63, 3.8) is 0 Å². The standard InChI is InChI=1S/C20H31ClN2O3/c1-14(6-5-9-20(3,4)25)22-19(24)13-23-11-15(2)26-18-8-7-17(21)10-16(18)12-23/h7-8,10,14-15,25H,5-6,9,11-13H2,1-4H3,(H,22,24)/t14-,15+/m0/s1. The molecular weight excluding hydrogens is 352 g/mol. The third-order valence-electron chi connectivity index (χ3n) is 4.46. The third-order valence-corrected chi connectivity index (χ3v) is 4.70. The van der Waals surface area contributed by atoms with Gasteiger partial charge in [0.15, 0.2) is 0 Å². The van der Waals surface area contributed by atoms with Crippen LogP contribution in [-0.4, -0.2) is 46.7 Å². The lowest BCUT2D eigenvalue weighted by Crippen LogP contribution is -2.42. The van der Waals surface area contributed by atoms with Gasteiger partial charge in [0, 0.05) is 29.7 Å². The number of ether oxygens (including phenoxy) is 1. The Morgan fingerprint density at radius 3 is 2.92 bits per heavy atom. The van der Waals surface area contributed by atoms with Crippen LogP contribution in [0.1, 0.15) is 52.5 Å². The molecule has 0 saturated heterocycles. The highest BCUT2D eigenvalue weighted by Crippen LogP contribution is 2.27. The van der Waals surface area contributed by atoms with Gasteiger partial charge in [-0.1, -0.05) is 11.6 Å². The molecule has 0 bridgehead atoms. The van der Waals surface area contributed by atoms with E-state index in [2.05, 4.69) is 10.2 Å². The van der Waals surface area contributed by atoms with E-state index >= 15 is 0 Å². The maximum Gasteiger partial charge on any atom is 0.234 e. The van der Waals surface area contributed by atoms with E-state index in [9.17, 15) is 9.90 Å². The minimum absolute atomic E-state index is 0.00874. The fourth-order valence-corrected chi connectivity index (χ4v) is 3.46. The lowest BCUT2D eigenvalue weighted by molar-refractivity contribution is -0.123. The number of amides is 1. The van der Waals surface area contributed by atoms with Crippen molar-refractivity contribution >= 4 is 17.5 Å². The van der Waals surface area contributed by atoms with E-state index in [-0.39, 0.29) is 18.1 Å². The van der Waals surface area contributed by atoms with Gasteiger partial charge in [0.2, 0.25) is 5.91 Å². The Labute approximate surface area is 161 Å². The van der Waals surface area contributed by atoms with E-state index < -0.39 is 5.60 Å². The van der Waals surface area contributed by atoms with Crippen LogP contribution in [0, 0.1) is 0 Å². The fourth-order valence-electron chi connectivity index (χ4n) is 3.27. The van der Waals surface area contributed by atoms with Crippen molar-refractivity contribution in [3.8, 4) is 5.75 Å². The summed E-state index contributed by atoms with van der Waals surface area (Å²) in [6.07, 6.45) is 2.47. The summed E-state index contributed by atoms with van der Waals surface area (Å²) in [6.45, 7) is 9.29. The molecule has 1 heterocycles. The highest BCUT2D eigenvalue weighted by molar-refractivity contribution is 6.30. The smallest absolute Gasteiger partial charge is 0.234 e. The number of hydrogen-bond donors (Lipinski definition) is 2. The molecule has 26 heavy (non-hydrogen) atoms. The molecule has 1 amide bonds. The zero-order chi connectivity index (χ0) is 19.3. The Morgan fingerprint density at radius 2 is 2.23 bits per heavy atom. The summed E-state index contributed by atoms with van der Waals surface area (Å²) in [5, 5.41) is 13.5. The van der Waals surface area contributed by atoms with Crippen LogP contribution in [0.3, 0.4) is 0 Å². The molecule has 0 saturated carbocycles. The molecule has 1 aromatic rings. The zero-order valence-corrected chi connectivity index (χ0v) is 17.0. The summed E-state index contributed by atoms with van der Waals surface area (Å²) in [6, 6.07) is 5.71. The second-order valence-electron chi connectivity index (χ2n) is 8.02. The molecule has 0 unspecified atom stereocenters. The maximum atomic E-state index is 12.4. The van der Waals surface area contributed by atoms with Crippen molar-refractivity contribution in [1.29, 1.82) is 0 Å². The lowest BCUT2D eigenvalue weighted by Gasteiger charge is -2.23. The minimum atomic E-state index is -0.652. The van der Waals surface area contributed by atoms with Crippen LogP contribution in [0.2, 0.25) is 5.02 Å². The molecule has 1 aliphatic rings. The summed E-state index contributed by atoms with van der Waals surface area (Å²) < 4.78 is 5.93. The highest BCUT2D eigenvalue weighted by Gasteiger charge is 2.22. The number of carbonyl (C=O) groups excluding carboxylic acids is 1. The molecule has 0 fully saturated rings. The molecule has 0 aromatic heterocycles. The Kier molecular flexibility index (Phi) is 7.33. The normalized spacial score (nSPS) is 19.2. The van der Waals surface area contributed by atoms with E-state index in [4.69, 9.17) is 16.3 Å². The predicted octanol–water partition coefficient (Wildman–Crippen LogP) is 3.37. The van der Waals surface area contributed by atoms with Crippen LogP contribution in [0.4, 0.5) is 0 Å². The van der Waals surface area contributed by atoms with Crippen molar-refractivity contribution in [2.45, 2.75) is 71.2 Å². The molecule has 0 radical (unpaired) electrons. The van der Waals surface area contributed by atoms with Gasteiger partial charge >= 0.3 is 0 Å². The number of aliphatic hydroxyl groups is 1. The summed E-state index contributed by atoms with van der Waals surface area (Å²) >= 11 is 6.10. The summed E-state index contributed by atoms with van der Waals surface area (Å²) in [7, 11) is 0. The van der Waals surface area contributed by atoms with Crippen LogP contribution in [0.5, 0.6) is 5.75 Å². The first-order valence-corrected chi connectivity index (χ1v) is 9.69. The van der Waals surface area contributed by atoms with Gasteiger partial charge in [-0.3, -0.25) is 9.69 Å². The molecule has 0 aliphatic carbocycles. The van der Waals surface area contributed by atoms with Crippen LogP contribution < -0.4 is 10.1 Å². The molecule has 2 rings (SSSR count). The average Bonchev–Trinajstić information content (AvgIpc) is 2.62. The number of nitrogens with zero attached hydrogens (tertiary/aromatic N) is 1. The molecule has 146 valence electrons. The number of benzene rings is 1. The molecular formula is C20H31ClN2O3. The zero-order valence-electron chi connectivity index (χ0n) is 16.2. The molecule has 2 atom stereocenters. The van der Waals surface area contributed by atoms with E-state index in [1.165, 1.54) is 0 Å². The first-order valence-electron chi connectivity index (χ1n) is 9.31. The van der Waals surface area contributed by atoms with Crippen molar-refractivity contribution in [3.05, 3.63) is 28.8 Å². The molecule has 0 spiro atoms. The predicted molar refractivity (Wildman–Crippen MR) is 105 cm³/mol. The number of hydrogen-bond acceptors (Lipinski definition) is 4. The van der Waals surface area contributed by atoms with Gasteiger partial charge < -0.3 is 15.2 Å². The second-order valence-corrected chi connectivity index (χ2v) is 8.46. The van der Waals surface area contributed by atoms with E-state index in [0.29, 0.717) is 24.7 Å². The van der Waals surface area contributed by atoms with Crippen molar-refractivity contribution in [2.24, 2.45) is 0 Å². The van der Waals surface area contributed by atoms with E-state index in [1.54, 1.807) is 0 Å². The quantitative estimate of drug-likeness (QED) is 0.759. The van der Waals surface area contributed by atoms with Crippen LogP contribution in [0.15, 0.2) is 18.2 Å². The number of halogens is 1. The monoisotopic (exact) mass is 382 g/mol. The molecule has 1 aliphatic heterocycles. The Hall–Kier alpha value is -1.30. The Bertz CT molecular complexity index is 616. The Balaban J connectivity index is 1.86.